The molecule has 0 aromatic carbocycles. The number of carbonyl (C=O) groups excluding carboxylic acids is 4. The van der Waals surface area contributed by atoms with Crippen molar-refractivity contribution in [3.8, 4) is 0 Å². The molecule has 45 heavy (non-hydrogen) atoms. The molecular formula is C27H39N11O6S. The first-order valence-electron chi connectivity index (χ1n) is 15.3. The molecule has 0 aliphatic carbocycles. The summed E-state index contributed by atoms with van der Waals surface area (Å²) in [6, 6.07) is -2.49. The standard InChI is InChI=1S/C27H39N11O6S/c1-12-21-20(13(2)32-19(39)10-36-11-31-33-34-36)26(42)38(21)22(27(43)44)23(12)45-16-6-17(30-7-16)24(40)37-9-15(29)5-18(37)25(41)35-4-3-14(28)8-35/h11-18,20-21,30H,3-10,28-29H2,1-2H3,(H,32,39)(H,43,44)/t12-,13?,14-,15-,16+,17+,18+,20-,21-/m1/s1. The molecule has 5 aliphatic heterocycles. The topological polar surface area (TPSA) is 235 Å². The van der Waals surface area contributed by atoms with Gasteiger partial charge in [-0.3, -0.25) is 19.2 Å². The molecule has 1 unspecified atom stereocenters. The Morgan fingerprint density at radius 1 is 1.18 bits per heavy atom. The lowest BCUT2D eigenvalue weighted by Gasteiger charge is -2.47. The zero-order valence-electron chi connectivity index (χ0n) is 25.1. The number of aromatic nitrogens is 4. The maximum Gasteiger partial charge on any atom is 0.353 e. The number of likely N-dealkylation sites (tertiary alicyclic amines) is 2. The number of hydrogen-bond acceptors (Lipinski definition) is 12. The maximum absolute atomic E-state index is 13.7. The molecule has 6 rings (SSSR count). The lowest BCUT2D eigenvalue weighted by Crippen LogP contribution is -2.66. The molecule has 244 valence electrons. The highest BCUT2D eigenvalue weighted by atomic mass is 32.2. The van der Waals surface area contributed by atoms with Crippen molar-refractivity contribution in [2.45, 2.75) is 81.2 Å². The number of carboxylic acid groups (broad SMARTS) is 1. The number of aliphatic carboxylic acids is 1. The highest BCUT2D eigenvalue weighted by Crippen LogP contribution is 2.52. The van der Waals surface area contributed by atoms with Crippen molar-refractivity contribution < 1.29 is 29.1 Å². The van der Waals surface area contributed by atoms with Gasteiger partial charge in [0.15, 0.2) is 0 Å². The molecule has 6 heterocycles. The zero-order valence-corrected chi connectivity index (χ0v) is 25.9. The second-order valence-corrected chi connectivity index (χ2v) is 14.0. The summed E-state index contributed by atoms with van der Waals surface area (Å²) in [7, 11) is 0. The van der Waals surface area contributed by atoms with Crippen LogP contribution in [0.25, 0.3) is 0 Å². The third-order valence-corrected chi connectivity index (χ3v) is 11.0. The van der Waals surface area contributed by atoms with Crippen LogP contribution in [0.5, 0.6) is 0 Å². The number of amides is 4. The molecule has 18 heteroatoms. The van der Waals surface area contributed by atoms with Crippen LogP contribution in [0, 0.1) is 11.8 Å². The number of nitrogens with zero attached hydrogens (tertiary/aromatic N) is 7. The number of fused-ring (bicyclic) bond motifs is 1. The Hall–Kier alpha value is -3.61. The van der Waals surface area contributed by atoms with Gasteiger partial charge in [-0.25, -0.2) is 9.48 Å². The average Bonchev–Trinajstić information content (AvgIpc) is 3.81. The van der Waals surface area contributed by atoms with Gasteiger partial charge in [0.1, 0.15) is 24.6 Å². The number of carbonyl (C=O) groups is 5. The van der Waals surface area contributed by atoms with Crippen LogP contribution in [-0.4, -0.2) is 137 Å². The van der Waals surface area contributed by atoms with Crippen molar-refractivity contribution in [2.75, 3.05) is 26.2 Å². The predicted molar refractivity (Wildman–Crippen MR) is 158 cm³/mol. The van der Waals surface area contributed by atoms with E-state index in [-0.39, 0.29) is 59.1 Å². The minimum absolute atomic E-state index is 0.0410. The molecule has 0 spiro atoms. The fraction of sp³-hybridized carbons (Fsp3) is 0.704. The second-order valence-electron chi connectivity index (χ2n) is 12.7. The largest absolute Gasteiger partial charge is 0.477 e. The van der Waals surface area contributed by atoms with Gasteiger partial charge in [-0.1, -0.05) is 6.92 Å². The normalized spacial score (nSPS) is 33.4. The van der Waals surface area contributed by atoms with Gasteiger partial charge in [-0.15, -0.1) is 16.9 Å². The monoisotopic (exact) mass is 645 g/mol. The molecule has 7 N–H and O–H groups in total. The average molecular weight is 646 g/mol. The molecule has 4 fully saturated rings. The minimum atomic E-state index is -1.19. The third-order valence-electron chi connectivity index (χ3n) is 9.54. The van der Waals surface area contributed by atoms with Gasteiger partial charge < -0.3 is 41.9 Å². The smallest absolute Gasteiger partial charge is 0.353 e. The number of rotatable bonds is 9. The number of tetrazole rings is 1. The van der Waals surface area contributed by atoms with Crippen LogP contribution in [0.1, 0.15) is 33.1 Å². The van der Waals surface area contributed by atoms with Crippen molar-refractivity contribution in [2.24, 2.45) is 23.3 Å². The summed E-state index contributed by atoms with van der Waals surface area (Å²) >= 11 is 1.38. The second kappa shape index (κ2) is 12.3. The van der Waals surface area contributed by atoms with E-state index in [1.54, 1.807) is 16.7 Å². The van der Waals surface area contributed by atoms with Crippen LogP contribution in [0.3, 0.4) is 0 Å². The van der Waals surface area contributed by atoms with E-state index in [1.807, 2.05) is 6.92 Å². The van der Waals surface area contributed by atoms with Crippen molar-refractivity contribution >= 4 is 41.4 Å². The van der Waals surface area contributed by atoms with E-state index in [0.29, 0.717) is 43.9 Å². The van der Waals surface area contributed by atoms with Crippen LogP contribution >= 0.6 is 11.8 Å². The lowest BCUT2D eigenvalue weighted by molar-refractivity contribution is -0.158. The molecule has 0 radical (unpaired) electrons. The van der Waals surface area contributed by atoms with E-state index in [2.05, 4.69) is 26.2 Å². The van der Waals surface area contributed by atoms with Crippen molar-refractivity contribution in [1.82, 2.24) is 45.5 Å². The molecular weight excluding hydrogens is 606 g/mol. The highest BCUT2D eigenvalue weighted by Gasteiger charge is 2.60. The van der Waals surface area contributed by atoms with Crippen LogP contribution in [-0.2, 0) is 30.5 Å². The van der Waals surface area contributed by atoms with E-state index in [4.69, 9.17) is 11.5 Å². The van der Waals surface area contributed by atoms with Crippen LogP contribution in [0.2, 0.25) is 0 Å². The molecule has 9 atom stereocenters. The van der Waals surface area contributed by atoms with E-state index in [0.717, 1.165) is 6.42 Å². The highest BCUT2D eigenvalue weighted by molar-refractivity contribution is 8.03. The number of thioether (sulfide) groups is 1. The Balaban J connectivity index is 1.09. The lowest BCUT2D eigenvalue weighted by atomic mass is 9.78. The summed E-state index contributed by atoms with van der Waals surface area (Å²) in [5, 5.41) is 26.8. The quantitative estimate of drug-likeness (QED) is 0.168. The summed E-state index contributed by atoms with van der Waals surface area (Å²) in [5.74, 6) is -3.11. The van der Waals surface area contributed by atoms with Crippen molar-refractivity contribution in [1.29, 1.82) is 0 Å². The Morgan fingerprint density at radius 2 is 1.96 bits per heavy atom. The van der Waals surface area contributed by atoms with Crippen molar-refractivity contribution in [3.63, 3.8) is 0 Å². The van der Waals surface area contributed by atoms with E-state index in [1.165, 1.54) is 27.7 Å². The molecule has 17 nitrogen and oxygen atoms in total. The van der Waals surface area contributed by atoms with Gasteiger partial charge in [0, 0.05) is 60.4 Å². The van der Waals surface area contributed by atoms with Gasteiger partial charge >= 0.3 is 5.97 Å². The summed E-state index contributed by atoms with van der Waals surface area (Å²) in [5.41, 5.74) is 12.2. The van der Waals surface area contributed by atoms with Gasteiger partial charge in [-0.05, 0) is 36.6 Å². The SMILES string of the molecule is CC(NC(=O)Cn1cnnn1)[C@H]1C(=O)N2C(C(=O)O)=C(S[C@@H]3CN[C@H](C(=O)N4C[C@H](N)C[C@H]4C(=O)N4CC[C@@H](N)C4)C3)[C@H](C)[C@H]12. The van der Waals surface area contributed by atoms with Gasteiger partial charge in [0.2, 0.25) is 23.6 Å². The van der Waals surface area contributed by atoms with E-state index < -0.39 is 36.1 Å². The molecule has 0 bridgehead atoms. The molecule has 4 amide bonds. The Bertz CT molecular complexity index is 1410. The van der Waals surface area contributed by atoms with Gasteiger partial charge in [-0.2, -0.15) is 0 Å². The first-order valence-corrected chi connectivity index (χ1v) is 16.1. The Kier molecular flexibility index (Phi) is 8.57. The van der Waals surface area contributed by atoms with Gasteiger partial charge in [0.25, 0.3) is 0 Å². The first kappa shape index (κ1) is 31.4. The summed E-state index contributed by atoms with van der Waals surface area (Å²) < 4.78 is 1.27. The number of nitrogens with two attached hydrogens (primary N) is 2. The fourth-order valence-electron chi connectivity index (χ4n) is 7.39. The molecule has 4 saturated heterocycles. The van der Waals surface area contributed by atoms with Crippen LogP contribution in [0.15, 0.2) is 16.9 Å². The van der Waals surface area contributed by atoms with E-state index in [9.17, 15) is 29.1 Å². The van der Waals surface area contributed by atoms with Crippen LogP contribution < -0.4 is 22.1 Å². The first-order chi connectivity index (χ1) is 21.4. The number of nitrogens with one attached hydrogen (secondary N) is 2. The number of carboxylic acids is 1. The fourth-order valence-corrected chi connectivity index (χ4v) is 8.87. The predicted octanol–water partition coefficient (Wildman–Crippen LogP) is -3.10. The molecule has 0 saturated carbocycles. The van der Waals surface area contributed by atoms with E-state index >= 15 is 0 Å². The summed E-state index contributed by atoms with van der Waals surface area (Å²) in [6.45, 7) is 5.30. The summed E-state index contributed by atoms with van der Waals surface area (Å²) in [6.07, 6.45) is 2.87. The number of β-lactam (4-membered cyclic amide) rings is 1. The molecule has 1 aromatic rings. The molecule has 1 aromatic heterocycles. The molecule has 5 aliphatic rings. The maximum atomic E-state index is 13.7. The zero-order chi connectivity index (χ0) is 32.2. The Morgan fingerprint density at radius 3 is 2.62 bits per heavy atom. The summed E-state index contributed by atoms with van der Waals surface area (Å²) in [4.78, 5) is 70.4. The third kappa shape index (κ3) is 5.79. The minimum Gasteiger partial charge on any atom is -0.477 e. The van der Waals surface area contributed by atoms with Crippen molar-refractivity contribution in [3.05, 3.63) is 16.9 Å². The number of hydrogen-bond donors (Lipinski definition) is 5. The van der Waals surface area contributed by atoms with Crippen LogP contribution in [0.4, 0.5) is 0 Å². The Labute approximate surface area is 263 Å². The van der Waals surface area contributed by atoms with Gasteiger partial charge in [0.05, 0.1) is 18.0 Å².